The molecule has 4 heterocycles. The van der Waals surface area contributed by atoms with Crippen molar-refractivity contribution in [2.75, 3.05) is 33.4 Å². The number of ether oxygens (including phenoxy) is 3. The zero-order valence-electron chi connectivity index (χ0n) is 31.4. The highest BCUT2D eigenvalue weighted by Gasteiger charge is 2.75. The van der Waals surface area contributed by atoms with Crippen LogP contribution in [0.4, 0.5) is 0 Å². The number of nitrogens with zero attached hydrogens (tertiary/aromatic N) is 2. The smallest absolute Gasteiger partial charge is 0.313 e. The molecule has 1 spiro atoms. The first kappa shape index (κ1) is 40.1. The summed E-state index contributed by atoms with van der Waals surface area (Å²) >= 11 is 3.66. The van der Waals surface area contributed by atoms with Crippen molar-refractivity contribution in [2.45, 2.75) is 115 Å². The van der Waals surface area contributed by atoms with E-state index >= 15 is 4.79 Å². The van der Waals surface area contributed by atoms with Gasteiger partial charge in [0.15, 0.2) is 0 Å². The van der Waals surface area contributed by atoms with Crippen LogP contribution in [0.25, 0.3) is 0 Å². The summed E-state index contributed by atoms with van der Waals surface area (Å²) in [7, 11) is 1.52. The lowest BCUT2D eigenvalue weighted by atomic mass is 9.74. The molecule has 0 saturated carbocycles. The molecule has 0 radical (unpaired) electrons. The number of cyclic esters (lactones) is 1. The lowest BCUT2D eigenvalue weighted by molar-refractivity contribution is -0.162. The van der Waals surface area contributed by atoms with Crippen molar-refractivity contribution in [1.29, 1.82) is 0 Å². The third-order valence-corrected chi connectivity index (χ3v) is 11.3. The SMILES string of the molecule is COC[C@H]1NC(=O)CC/C=C\CN(C(C)(C)CC(C)(C)C)C(=O)[C@@H]2N(CCCCCCO)C(=O)[C@H]3[C@H](C(=O)O[C@@H]1c1ccccc1)[C@H]1O[C@@]23C=C1Br. The molecule has 0 aliphatic carbocycles. The number of unbranched alkanes of at least 4 members (excludes halogenated alkanes) is 3. The van der Waals surface area contributed by atoms with Crippen molar-refractivity contribution >= 4 is 39.6 Å². The number of carbonyl (C=O) groups excluding carboxylic acids is 4. The molecule has 1 aromatic carbocycles. The molecule has 7 atom stereocenters. The summed E-state index contributed by atoms with van der Waals surface area (Å²) in [6.07, 6.45) is 8.06. The number of hydrogen-bond acceptors (Lipinski definition) is 8. The van der Waals surface area contributed by atoms with E-state index in [-0.39, 0.29) is 49.3 Å². The van der Waals surface area contributed by atoms with Crippen LogP contribution in [0, 0.1) is 17.3 Å². The molecule has 2 saturated heterocycles. The van der Waals surface area contributed by atoms with E-state index in [0.29, 0.717) is 42.3 Å². The van der Waals surface area contributed by atoms with Crippen LogP contribution in [0.3, 0.4) is 0 Å². The largest absolute Gasteiger partial charge is 0.455 e. The Morgan fingerprint density at radius 2 is 1.69 bits per heavy atom. The maximum Gasteiger partial charge on any atom is 0.313 e. The Bertz CT molecular complexity index is 1520. The number of carbonyl (C=O) groups is 4. The van der Waals surface area contributed by atoms with E-state index in [2.05, 4.69) is 42.0 Å². The first-order chi connectivity index (χ1) is 24.6. The van der Waals surface area contributed by atoms with Gasteiger partial charge in [-0.15, -0.1) is 0 Å². The van der Waals surface area contributed by atoms with Gasteiger partial charge in [-0.3, -0.25) is 19.2 Å². The Hall–Kier alpha value is -3.06. The summed E-state index contributed by atoms with van der Waals surface area (Å²) in [5, 5.41) is 12.4. The van der Waals surface area contributed by atoms with E-state index in [1.165, 1.54) is 7.11 Å². The minimum Gasteiger partial charge on any atom is -0.455 e. The van der Waals surface area contributed by atoms with Crippen molar-refractivity contribution in [3.8, 4) is 0 Å². The van der Waals surface area contributed by atoms with Crippen molar-refractivity contribution < 1.29 is 38.5 Å². The number of amides is 3. The molecular weight excluding hydrogens is 730 g/mol. The Labute approximate surface area is 316 Å². The molecule has 0 aromatic heterocycles. The van der Waals surface area contributed by atoms with Crippen LogP contribution in [0.2, 0.25) is 0 Å². The van der Waals surface area contributed by atoms with Gasteiger partial charge in [-0.25, -0.2) is 0 Å². The van der Waals surface area contributed by atoms with E-state index in [4.69, 9.17) is 14.2 Å². The van der Waals surface area contributed by atoms with Crippen molar-refractivity contribution in [1.82, 2.24) is 15.1 Å². The molecule has 11 nitrogen and oxygen atoms in total. The lowest BCUT2D eigenvalue weighted by Crippen LogP contribution is -2.60. The second-order valence-electron chi connectivity index (χ2n) is 16.4. The fourth-order valence-electron chi connectivity index (χ4n) is 8.83. The highest BCUT2D eigenvalue weighted by molar-refractivity contribution is 9.11. The molecule has 0 unspecified atom stereocenters. The van der Waals surface area contributed by atoms with Gasteiger partial charge in [0.1, 0.15) is 29.8 Å². The molecule has 1 aromatic rings. The van der Waals surface area contributed by atoms with Crippen LogP contribution in [0.5, 0.6) is 0 Å². The van der Waals surface area contributed by atoms with Crippen LogP contribution in [0.15, 0.2) is 53.0 Å². The van der Waals surface area contributed by atoms with Gasteiger partial charge in [0.2, 0.25) is 17.7 Å². The molecule has 2 fully saturated rings. The van der Waals surface area contributed by atoms with Gasteiger partial charge in [-0.2, -0.15) is 0 Å². The summed E-state index contributed by atoms with van der Waals surface area (Å²) in [6.45, 7) is 11.2. The lowest BCUT2D eigenvalue weighted by Gasteiger charge is -2.45. The van der Waals surface area contributed by atoms with Crippen molar-refractivity contribution in [3.63, 3.8) is 0 Å². The number of rotatable bonds is 11. The van der Waals surface area contributed by atoms with Gasteiger partial charge >= 0.3 is 5.97 Å². The van der Waals surface area contributed by atoms with E-state index < -0.39 is 53.2 Å². The second-order valence-corrected chi connectivity index (χ2v) is 17.3. The molecule has 2 N–H and O–H groups in total. The third-order valence-electron chi connectivity index (χ3n) is 10.6. The Kier molecular flexibility index (Phi) is 12.8. The molecule has 4 aliphatic heterocycles. The average molecular weight is 787 g/mol. The predicted molar refractivity (Wildman–Crippen MR) is 200 cm³/mol. The standard InChI is InChI=1S/C40H56BrN3O8/c1-38(2,3)25-39(4,5)44-21-15-10-13-19-29(46)42-28(24-50-6)32(26-17-11-9-12-18-26)51-37(49)30-31-35(47)43(20-14-7-8-16-22-45)34(36(44)48)40(31)23-27(41)33(30)52-40/h9-12,15,17-18,23,28,30-34,45H,7-8,13-14,16,19-22,24-25H2,1-6H3,(H,42,46)/b15-10-/t28-,30+,31-,32-,33+,34+,40-/m1/s1. The van der Waals surface area contributed by atoms with Crippen molar-refractivity contribution in [2.24, 2.45) is 17.3 Å². The second kappa shape index (κ2) is 16.5. The zero-order valence-corrected chi connectivity index (χ0v) is 33.0. The number of aliphatic hydroxyl groups excluding tert-OH is 1. The number of nitrogens with one attached hydrogen (secondary N) is 1. The van der Waals surface area contributed by atoms with Crippen LogP contribution in [0.1, 0.15) is 91.2 Å². The number of fused-ring (bicyclic) bond motifs is 2. The third kappa shape index (κ3) is 8.35. The zero-order chi connectivity index (χ0) is 37.8. The fourth-order valence-corrected chi connectivity index (χ4v) is 9.57. The Morgan fingerprint density at radius 1 is 0.981 bits per heavy atom. The predicted octanol–water partition coefficient (Wildman–Crippen LogP) is 5.22. The van der Waals surface area contributed by atoms with E-state index in [1.807, 2.05) is 67.3 Å². The summed E-state index contributed by atoms with van der Waals surface area (Å²) in [5.41, 5.74) is -1.48. The summed E-state index contributed by atoms with van der Waals surface area (Å²) in [5.74, 6) is -3.48. The monoisotopic (exact) mass is 785 g/mol. The normalized spacial score (nSPS) is 30.7. The molecule has 286 valence electrons. The first-order valence-electron chi connectivity index (χ1n) is 18.6. The van der Waals surface area contributed by atoms with Gasteiger partial charge in [0.05, 0.1) is 18.6 Å². The molecule has 4 aliphatic rings. The molecule has 5 bridgehead atoms. The van der Waals surface area contributed by atoms with Crippen LogP contribution in [-0.2, 0) is 33.4 Å². The van der Waals surface area contributed by atoms with E-state index in [1.54, 1.807) is 4.90 Å². The number of esters is 1. The van der Waals surface area contributed by atoms with Gasteiger partial charge < -0.3 is 34.4 Å². The molecular formula is C40H56BrN3O8. The number of halogens is 1. The number of allylic oxidation sites excluding steroid dienone is 1. The summed E-state index contributed by atoms with van der Waals surface area (Å²) in [4.78, 5) is 61.4. The summed E-state index contributed by atoms with van der Waals surface area (Å²) in [6, 6.07) is 7.44. The Balaban J connectivity index is 1.63. The van der Waals surface area contributed by atoms with Gasteiger partial charge in [0, 0.05) is 43.2 Å². The van der Waals surface area contributed by atoms with Crippen LogP contribution < -0.4 is 5.32 Å². The highest BCUT2D eigenvalue weighted by Crippen LogP contribution is 2.59. The van der Waals surface area contributed by atoms with Crippen LogP contribution in [-0.4, -0.2) is 101 Å². The molecule has 5 rings (SSSR count). The fraction of sp³-hybridized carbons (Fsp3) is 0.650. The number of hydrogen-bond donors (Lipinski definition) is 2. The van der Waals surface area contributed by atoms with E-state index in [9.17, 15) is 19.5 Å². The number of methoxy groups -OCH3 is 1. The quantitative estimate of drug-likeness (QED) is 0.177. The van der Waals surface area contributed by atoms with Gasteiger partial charge in [0.25, 0.3) is 0 Å². The van der Waals surface area contributed by atoms with E-state index in [0.717, 1.165) is 12.8 Å². The average Bonchev–Trinajstić information content (AvgIpc) is 3.66. The molecule has 3 amide bonds. The minimum atomic E-state index is -1.40. The maximum atomic E-state index is 15.3. The highest BCUT2D eigenvalue weighted by atomic mass is 79.9. The van der Waals surface area contributed by atoms with Crippen LogP contribution >= 0.6 is 15.9 Å². The minimum absolute atomic E-state index is 0.0767. The number of likely N-dealkylation sites (tertiary alicyclic amines) is 1. The van der Waals surface area contributed by atoms with Gasteiger partial charge in [-0.1, -0.05) is 92.0 Å². The van der Waals surface area contributed by atoms with Gasteiger partial charge in [-0.05, 0) is 56.6 Å². The topological polar surface area (TPSA) is 135 Å². The number of benzene rings is 1. The summed E-state index contributed by atoms with van der Waals surface area (Å²) < 4.78 is 19.2. The molecule has 12 heteroatoms. The molecule has 52 heavy (non-hydrogen) atoms. The Morgan fingerprint density at radius 3 is 2.37 bits per heavy atom. The van der Waals surface area contributed by atoms with Crippen molar-refractivity contribution in [3.05, 3.63) is 58.6 Å². The first-order valence-corrected chi connectivity index (χ1v) is 19.4. The number of aliphatic hydroxyl groups is 1. The maximum absolute atomic E-state index is 15.3.